The van der Waals surface area contributed by atoms with Crippen LogP contribution in [-0.4, -0.2) is 77.1 Å². The van der Waals surface area contributed by atoms with Crippen LogP contribution in [0.2, 0.25) is 25.7 Å². The number of carbonyl (C=O) groups is 1. The molecule has 0 N–H and O–H groups in total. The predicted molar refractivity (Wildman–Crippen MR) is 156 cm³/mol. The van der Waals surface area contributed by atoms with Gasteiger partial charge in [-0.3, -0.25) is 10.1 Å². The van der Waals surface area contributed by atoms with Crippen molar-refractivity contribution in [2.75, 3.05) is 37.7 Å². The summed E-state index contributed by atoms with van der Waals surface area (Å²) in [4.78, 5) is 32.0. The van der Waals surface area contributed by atoms with Gasteiger partial charge in [-0.1, -0.05) is 19.6 Å². The number of aromatic nitrogens is 3. The third-order valence-corrected chi connectivity index (χ3v) is 8.96. The molecule has 0 unspecified atom stereocenters. The zero-order chi connectivity index (χ0) is 28.9. The van der Waals surface area contributed by atoms with Gasteiger partial charge in [0.25, 0.3) is 5.69 Å². The van der Waals surface area contributed by atoms with Crippen LogP contribution in [0.3, 0.4) is 0 Å². The van der Waals surface area contributed by atoms with Gasteiger partial charge >= 0.3 is 6.09 Å². The van der Waals surface area contributed by atoms with E-state index in [0.717, 1.165) is 36.0 Å². The Morgan fingerprint density at radius 1 is 1.12 bits per heavy atom. The zero-order valence-electron chi connectivity index (χ0n) is 24.1. The molecule has 11 nitrogen and oxygen atoms in total. The van der Waals surface area contributed by atoms with Crippen molar-refractivity contribution in [3.63, 3.8) is 0 Å². The van der Waals surface area contributed by atoms with E-state index in [-0.39, 0.29) is 28.8 Å². The van der Waals surface area contributed by atoms with Gasteiger partial charge in [-0.2, -0.15) is 5.10 Å². The number of nitro groups is 1. The molecule has 1 amide bonds. The van der Waals surface area contributed by atoms with E-state index in [9.17, 15) is 14.9 Å². The van der Waals surface area contributed by atoms with E-state index in [4.69, 9.17) is 14.6 Å². The van der Waals surface area contributed by atoms with Gasteiger partial charge < -0.3 is 19.3 Å². The van der Waals surface area contributed by atoms with E-state index < -0.39 is 13.7 Å². The van der Waals surface area contributed by atoms with Gasteiger partial charge in [0.05, 0.1) is 10.4 Å². The summed E-state index contributed by atoms with van der Waals surface area (Å²) >= 11 is 0. The highest BCUT2D eigenvalue weighted by molar-refractivity contribution is 6.76. The number of nitrogens with zero attached hydrogens (tertiary/aromatic N) is 6. The number of benzene rings is 1. The Balaban J connectivity index is 1.32. The van der Waals surface area contributed by atoms with Gasteiger partial charge in [-0.25, -0.2) is 14.5 Å². The molecule has 4 heterocycles. The second-order valence-corrected chi connectivity index (χ2v) is 18.9. The summed E-state index contributed by atoms with van der Waals surface area (Å²) in [6, 6.07) is 9.72. The number of amides is 1. The summed E-state index contributed by atoms with van der Waals surface area (Å²) in [5.41, 5.74) is 1.86. The average molecular weight is 567 g/mol. The maximum atomic E-state index is 12.3. The molecular formula is C28H38N6O5Si. The van der Waals surface area contributed by atoms with Crippen molar-refractivity contribution in [3.8, 4) is 11.3 Å². The van der Waals surface area contributed by atoms with Gasteiger partial charge in [-0.05, 0) is 45.0 Å². The number of hydrogen-bond donors (Lipinski definition) is 0. The van der Waals surface area contributed by atoms with E-state index >= 15 is 0 Å². The first kappa shape index (κ1) is 28.0. The van der Waals surface area contributed by atoms with Crippen molar-refractivity contribution in [2.45, 2.75) is 58.8 Å². The molecule has 2 aromatic heterocycles. The van der Waals surface area contributed by atoms with Gasteiger partial charge in [0.2, 0.25) is 0 Å². The van der Waals surface area contributed by atoms with Gasteiger partial charge in [0.1, 0.15) is 23.8 Å². The SMILES string of the molecule is CC(C)(C)OC(=O)N1CC2(C1)CN(c1cc(-c3nn(COCC[Si](C)(C)C)c4ccc([N+](=O)[O-])cc34)ccn1)C2. The number of hydrogen-bond acceptors (Lipinski definition) is 8. The lowest BCUT2D eigenvalue weighted by molar-refractivity contribution is -0.384. The molecule has 0 aliphatic carbocycles. The Hall–Kier alpha value is -3.51. The molecule has 0 saturated carbocycles. The Kier molecular flexibility index (Phi) is 7.11. The van der Waals surface area contributed by atoms with E-state index in [1.807, 2.05) is 32.9 Å². The number of nitro benzene ring substituents is 1. The van der Waals surface area contributed by atoms with Gasteiger partial charge in [0.15, 0.2) is 0 Å². The second kappa shape index (κ2) is 10.1. The average Bonchev–Trinajstić information content (AvgIpc) is 3.16. The number of carbonyl (C=O) groups excluding carboxylic acids is 1. The first-order valence-electron chi connectivity index (χ1n) is 13.6. The van der Waals surface area contributed by atoms with Crippen molar-refractivity contribution in [1.29, 1.82) is 0 Å². The van der Waals surface area contributed by atoms with Crippen molar-refractivity contribution < 1.29 is 19.2 Å². The number of anilines is 1. The molecule has 12 heteroatoms. The van der Waals surface area contributed by atoms with Crippen molar-refractivity contribution in [2.24, 2.45) is 5.41 Å². The van der Waals surface area contributed by atoms with Crippen LogP contribution in [0.25, 0.3) is 22.2 Å². The molecule has 5 rings (SSSR count). The lowest BCUT2D eigenvalue weighted by Gasteiger charge is -2.60. The molecule has 2 saturated heterocycles. The third kappa shape index (κ3) is 5.97. The third-order valence-electron chi connectivity index (χ3n) is 7.25. The number of fused-ring (bicyclic) bond motifs is 1. The number of pyridine rings is 1. The summed E-state index contributed by atoms with van der Waals surface area (Å²) in [6.07, 6.45) is 1.48. The van der Waals surface area contributed by atoms with Crippen LogP contribution in [-0.2, 0) is 16.2 Å². The molecule has 2 fully saturated rings. The summed E-state index contributed by atoms with van der Waals surface area (Å²) in [5, 5.41) is 17.1. The van der Waals surface area contributed by atoms with Crippen LogP contribution in [0.4, 0.5) is 16.3 Å². The summed E-state index contributed by atoms with van der Waals surface area (Å²) in [7, 11) is -1.23. The molecule has 1 aromatic carbocycles. The number of non-ortho nitro benzene ring substituents is 1. The molecular weight excluding hydrogens is 528 g/mol. The van der Waals surface area contributed by atoms with Crippen LogP contribution >= 0.6 is 0 Å². The van der Waals surface area contributed by atoms with Crippen molar-refractivity contribution in [1.82, 2.24) is 19.7 Å². The molecule has 3 aromatic rings. The minimum absolute atomic E-state index is 0.0199. The fourth-order valence-corrected chi connectivity index (χ4v) is 5.96. The quantitative estimate of drug-likeness (QED) is 0.155. The standard InChI is InChI=1S/C28H38N6O5Si/c1-27(2,3)39-26(35)32-17-28(18-32)15-31(16-28)24-13-20(9-10-29-24)25-22-14-21(34(36)37)7-8-23(22)33(30-25)19-38-11-12-40(4,5)6/h7-10,13-14H,11-12,15-19H2,1-6H3. The Bertz CT molecular complexity index is 1430. The highest BCUT2D eigenvalue weighted by Crippen LogP contribution is 2.42. The van der Waals surface area contributed by atoms with E-state index in [1.165, 1.54) is 6.07 Å². The van der Waals surface area contributed by atoms with E-state index in [0.29, 0.717) is 30.8 Å². The monoisotopic (exact) mass is 566 g/mol. The zero-order valence-corrected chi connectivity index (χ0v) is 25.1. The van der Waals surface area contributed by atoms with Gasteiger partial charge in [0, 0.05) is 75.6 Å². The molecule has 0 radical (unpaired) electrons. The first-order chi connectivity index (χ1) is 18.7. The second-order valence-electron chi connectivity index (χ2n) is 13.2. The van der Waals surface area contributed by atoms with Crippen LogP contribution in [0.5, 0.6) is 0 Å². The fraction of sp³-hybridized carbons (Fsp3) is 0.536. The highest BCUT2D eigenvalue weighted by Gasteiger charge is 2.54. The maximum Gasteiger partial charge on any atom is 0.410 e. The highest BCUT2D eigenvalue weighted by atomic mass is 28.3. The molecule has 40 heavy (non-hydrogen) atoms. The lowest BCUT2D eigenvalue weighted by Crippen LogP contribution is -2.73. The summed E-state index contributed by atoms with van der Waals surface area (Å²) in [6.45, 7) is 16.4. The summed E-state index contributed by atoms with van der Waals surface area (Å²) in [5.74, 6) is 0.818. The molecule has 0 atom stereocenters. The predicted octanol–water partition coefficient (Wildman–Crippen LogP) is 5.38. The van der Waals surface area contributed by atoms with Crippen LogP contribution in [0.15, 0.2) is 36.5 Å². The Morgan fingerprint density at radius 3 is 2.50 bits per heavy atom. The molecule has 1 spiro atoms. The topological polar surface area (TPSA) is 116 Å². The fourth-order valence-electron chi connectivity index (χ4n) is 5.20. The maximum absolute atomic E-state index is 12.3. The molecule has 0 bridgehead atoms. The Morgan fingerprint density at radius 2 is 1.85 bits per heavy atom. The smallest absolute Gasteiger partial charge is 0.410 e. The van der Waals surface area contributed by atoms with Crippen LogP contribution < -0.4 is 4.90 Å². The minimum atomic E-state index is -1.23. The Labute approximate surface area is 235 Å². The van der Waals surface area contributed by atoms with Gasteiger partial charge in [-0.15, -0.1) is 0 Å². The molecule has 214 valence electrons. The molecule has 2 aliphatic heterocycles. The van der Waals surface area contributed by atoms with Crippen molar-refractivity contribution >= 4 is 36.6 Å². The number of likely N-dealkylation sites (tertiary alicyclic amines) is 1. The first-order valence-corrected chi connectivity index (χ1v) is 17.3. The van der Waals surface area contributed by atoms with E-state index in [2.05, 4.69) is 29.5 Å². The van der Waals surface area contributed by atoms with E-state index in [1.54, 1.807) is 27.9 Å². The largest absolute Gasteiger partial charge is 0.444 e. The molecule has 2 aliphatic rings. The normalized spacial score (nSPS) is 16.6. The van der Waals surface area contributed by atoms with Crippen LogP contribution in [0, 0.1) is 15.5 Å². The number of rotatable bonds is 8. The lowest BCUT2D eigenvalue weighted by atomic mass is 9.73. The van der Waals surface area contributed by atoms with Crippen LogP contribution in [0.1, 0.15) is 20.8 Å². The number of ether oxygens (including phenoxy) is 2. The van der Waals surface area contributed by atoms with Crippen molar-refractivity contribution in [3.05, 3.63) is 46.6 Å². The minimum Gasteiger partial charge on any atom is -0.444 e. The summed E-state index contributed by atoms with van der Waals surface area (Å²) < 4.78 is 13.2.